The minimum atomic E-state index is -0.495. The molecule has 0 saturated carbocycles. The molecular weight excluding hydrogens is 280 g/mol. The number of halogens is 2. The number of nitrogens with two attached hydrogens (primary N) is 1. The second-order valence-electron chi connectivity index (χ2n) is 5.38. The molecule has 0 atom stereocenters. The van der Waals surface area contributed by atoms with Crippen LogP contribution in [0.3, 0.4) is 0 Å². The van der Waals surface area contributed by atoms with Gasteiger partial charge in [0.2, 0.25) is 0 Å². The average Bonchev–Trinajstić information content (AvgIpc) is 2.32. The van der Waals surface area contributed by atoms with Crippen molar-refractivity contribution in [1.82, 2.24) is 9.97 Å². The third-order valence-corrected chi connectivity index (χ3v) is 3.45. The van der Waals surface area contributed by atoms with Crippen LogP contribution in [0, 0.1) is 11.6 Å². The van der Waals surface area contributed by atoms with Crippen molar-refractivity contribution in [2.24, 2.45) is 0 Å². The van der Waals surface area contributed by atoms with Gasteiger partial charge in [0.1, 0.15) is 28.3 Å². The van der Waals surface area contributed by atoms with Crippen LogP contribution in [-0.2, 0) is 5.41 Å². The zero-order valence-electron chi connectivity index (χ0n) is 11.4. The minimum absolute atomic E-state index is 0.169. The van der Waals surface area contributed by atoms with Gasteiger partial charge in [-0.15, -0.1) is 0 Å². The van der Waals surface area contributed by atoms with E-state index in [0.29, 0.717) is 16.7 Å². The number of rotatable bonds is 2. The van der Waals surface area contributed by atoms with Gasteiger partial charge < -0.3 is 5.73 Å². The maximum atomic E-state index is 13.6. The Morgan fingerprint density at radius 2 is 1.80 bits per heavy atom. The Bertz CT molecular complexity index is 639. The highest BCUT2D eigenvalue weighted by atomic mass is 32.2. The zero-order valence-corrected chi connectivity index (χ0v) is 12.3. The molecular formula is C14H15F2N3S. The number of benzene rings is 1. The van der Waals surface area contributed by atoms with Crippen LogP contribution in [0.2, 0.25) is 0 Å². The Kier molecular flexibility index (Phi) is 3.94. The van der Waals surface area contributed by atoms with Gasteiger partial charge >= 0.3 is 0 Å². The van der Waals surface area contributed by atoms with E-state index in [1.165, 1.54) is 0 Å². The second kappa shape index (κ2) is 5.36. The van der Waals surface area contributed by atoms with Crippen LogP contribution in [-0.4, -0.2) is 9.97 Å². The summed E-state index contributed by atoms with van der Waals surface area (Å²) < 4.78 is 26.8. The van der Waals surface area contributed by atoms with Gasteiger partial charge in [0, 0.05) is 11.5 Å². The third-order valence-electron chi connectivity index (χ3n) is 2.50. The lowest BCUT2D eigenvalue weighted by molar-refractivity contribution is 0.539. The van der Waals surface area contributed by atoms with Gasteiger partial charge in [0.25, 0.3) is 0 Å². The molecule has 106 valence electrons. The van der Waals surface area contributed by atoms with Gasteiger partial charge in [0.15, 0.2) is 0 Å². The molecule has 0 bridgehead atoms. The lowest BCUT2D eigenvalue weighted by Gasteiger charge is -2.17. The Morgan fingerprint density at radius 1 is 1.10 bits per heavy atom. The van der Waals surface area contributed by atoms with Gasteiger partial charge in [-0.25, -0.2) is 18.7 Å². The Labute approximate surface area is 120 Å². The first-order valence-electron chi connectivity index (χ1n) is 6.03. The van der Waals surface area contributed by atoms with E-state index in [4.69, 9.17) is 5.73 Å². The minimum Gasteiger partial charge on any atom is -0.384 e. The third kappa shape index (κ3) is 3.45. The van der Waals surface area contributed by atoms with Gasteiger partial charge in [-0.05, 0) is 18.2 Å². The predicted molar refractivity (Wildman–Crippen MR) is 75.6 cm³/mol. The van der Waals surface area contributed by atoms with Crippen molar-refractivity contribution in [3.63, 3.8) is 0 Å². The average molecular weight is 295 g/mol. The molecule has 1 aromatic carbocycles. The molecule has 0 radical (unpaired) electrons. The van der Waals surface area contributed by atoms with Crippen LogP contribution >= 0.6 is 11.8 Å². The van der Waals surface area contributed by atoms with Gasteiger partial charge in [-0.3, -0.25) is 0 Å². The quantitative estimate of drug-likeness (QED) is 0.857. The van der Waals surface area contributed by atoms with Crippen molar-refractivity contribution in [1.29, 1.82) is 0 Å². The molecule has 0 spiro atoms. The van der Waals surface area contributed by atoms with Gasteiger partial charge in [-0.2, -0.15) is 0 Å². The zero-order chi connectivity index (χ0) is 14.9. The summed E-state index contributed by atoms with van der Waals surface area (Å²) in [5, 5.41) is 0.493. The molecule has 0 aliphatic heterocycles. The number of hydrogen-bond acceptors (Lipinski definition) is 4. The van der Waals surface area contributed by atoms with E-state index in [9.17, 15) is 8.78 Å². The first kappa shape index (κ1) is 14.7. The molecule has 2 N–H and O–H groups in total. The highest BCUT2D eigenvalue weighted by Crippen LogP contribution is 2.31. The summed E-state index contributed by atoms with van der Waals surface area (Å²) in [5.74, 6) is -0.112. The summed E-state index contributed by atoms with van der Waals surface area (Å²) in [6.45, 7) is 5.87. The van der Waals surface area contributed by atoms with Gasteiger partial charge in [0.05, 0.1) is 4.90 Å². The van der Waals surface area contributed by atoms with E-state index < -0.39 is 11.6 Å². The van der Waals surface area contributed by atoms with Crippen molar-refractivity contribution in [3.05, 3.63) is 41.7 Å². The van der Waals surface area contributed by atoms with Crippen LogP contribution in [0.25, 0.3) is 0 Å². The van der Waals surface area contributed by atoms with Crippen molar-refractivity contribution in [3.8, 4) is 0 Å². The fourth-order valence-corrected chi connectivity index (χ4v) is 2.37. The largest absolute Gasteiger partial charge is 0.384 e. The predicted octanol–water partition coefficient (Wildman–Crippen LogP) is 3.79. The summed E-state index contributed by atoms with van der Waals surface area (Å²) in [6.07, 6.45) is 0. The summed E-state index contributed by atoms with van der Waals surface area (Å²) >= 11 is 1.03. The normalized spacial score (nSPS) is 11.7. The van der Waals surface area contributed by atoms with E-state index in [2.05, 4.69) is 9.97 Å². The molecule has 0 saturated heterocycles. The molecule has 0 amide bonds. The lowest BCUT2D eigenvalue weighted by atomic mass is 9.96. The number of nitrogens with zero attached hydrogens (tertiary/aromatic N) is 2. The first-order valence-corrected chi connectivity index (χ1v) is 6.85. The Morgan fingerprint density at radius 3 is 2.45 bits per heavy atom. The molecule has 0 aliphatic carbocycles. The highest BCUT2D eigenvalue weighted by molar-refractivity contribution is 7.99. The molecule has 3 nitrogen and oxygen atoms in total. The molecule has 2 rings (SSSR count). The van der Waals surface area contributed by atoms with Crippen molar-refractivity contribution in [2.45, 2.75) is 36.1 Å². The monoisotopic (exact) mass is 295 g/mol. The SMILES string of the molecule is CC(C)(C)c1nc(N)cc(Sc2cc(F)ccc2F)n1. The number of aromatic nitrogens is 2. The number of hydrogen-bond donors (Lipinski definition) is 1. The first-order chi connectivity index (χ1) is 9.25. The van der Waals surface area contributed by atoms with Crippen LogP contribution in [0.4, 0.5) is 14.6 Å². The molecule has 1 aromatic heterocycles. The van der Waals surface area contributed by atoms with E-state index in [-0.39, 0.29) is 10.3 Å². The fourth-order valence-electron chi connectivity index (χ4n) is 1.50. The van der Waals surface area contributed by atoms with Crippen LogP contribution in [0.15, 0.2) is 34.2 Å². The summed E-state index contributed by atoms with van der Waals surface area (Å²) in [7, 11) is 0. The van der Waals surface area contributed by atoms with E-state index in [0.717, 1.165) is 30.0 Å². The van der Waals surface area contributed by atoms with E-state index >= 15 is 0 Å². The summed E-state index contributed by atoms with van der Waals surface area (Å²) in [6, 6.07) is 4.85. The second-order valence-corrected chi connectivity index (χ2v) is 6.44. The maximum absolute atomic E-state index is 13.6. The fraction of sp³-hybridized carbons (Fsp3) is 0.286. The van der Waals surface area contributed by atoms with E-state index in [1.54, 1.807) is 6.07 Å². The summed E-state index contributed by atoms with van der Waals surface area (Å²) in [5.41, 5.74) is 5.47. The van der Waals surface area contributed by atoms with Crippen molar-refractivity contribution in [2.75, 3.05) is 5.73 Å². The summed E-state index contributed by atoms with van der Waals surface area (Å²) in [4.78, 5) is 8.70. The standard InChI is InChI=1S/C14H15F2N3S/c1-14(2,3)13-18-11(17)7-12(19-13)20-10-6-8(15)4-5-9(10)16/h4-7H,1-3H3,(H2,17,18,19). The molecule has 20 heavy (non-hydrogen) atoms. The van der Waals surface area contributed by atoms with E-state index in [1.807, 2.05) is 20.8 Å². The Hall–Kier alpha value is -1.69. The molecule has 0 unspecified atom stereocenters. The van der Waals surface area contributed by atoms with Crippen molar-refractivity contribution < 1.29 is 8.78 Å². The molecule has 1 heterocycles. The lowest BCUT2D eigenvalue weighted by Crippen LogP contribution is -2.17. The smallest absolute Gasteiger partial charge is 0.137 e. The van der Waals surface area contributed by atoms with Crippen LogP contribution < -0.4 is 5.73 Å². The number of nitrogen functional groups attached to an aromatic ring is 1. The molecule has 0 fully saturated rings. The van der Waals surface area contributed by atoms with Crippen LogP contribution in [0.5, 0.6) is 0 Å². The number of anilines is 1. The topological polar surface area (TPSA) is 51.8 Å². The Balaban J connectivity index is 2.39. The van der Waals surface area contributed by atoms with Crippen LogP contribution in [0.1, 0.15) is 26.6 Å². The maximum Gasteiger partial charge on any atom is 0.137 e. The molecule has 0 aliphatic rings. The highest BCUT2D eigenvalue weighted by Gasteiger charge is 2.19. The van der Waals surface area contributed by atoms with Gasteiger partial charge in [-0.1, -0.05) is 32.5 Å². The van der Waals surface area contributed by atoms with Crippen molar-refractivity contribution >= 4 is 17.6 Å². The molecule has 6 heteroatoms. The molecule has 2 aromatic rings.